The fourth-order valence-corrected chi connectivity index (χ4v) is 0.462. The summed E-state index contributed by atoms with van der Waals surface area (Å²) in [5, 5.41) is 0. The van der Waals surface area contributed by atoms with Crippen molar-refractivity contribution in [2.45, 2.75) is 6.18 Å². The van der Waals surface area contributed by atoms with Gasteiger partial charge in [-0.3, -0.25) is 4.72 Å². The first-order valence-electron chi connectivity index (χ1n) is 1.89. The number of rotatable bonds is 2. The summed E-state index contributed by atoms with van der Waals surface area (Å²) < 4.78 is 35.6. The molecule has 0 aromatic heterocycles. The van der Waals surface area contributed by atoms with E-state index in [-0.39, 0.29) is 0 Å². The highest BCUT2D eigenvalue weighted by Gasteiger charge is 2.25. The van der Waals surface area contributed by atoms with Gasteiger partial charge in [0.15, 0.2) is 0 Å². The summed E-state index contributed by atoms with van der Waals surface area (Å²) in [7, 11) is 0. The van der Waals surface area contributed by atoms with Crippen LogP contribution in [0.2, 0.25) is 0 Å². The summed E-state index contributed by atoms with van der Waals surface area (Å²) in [6.07, 6.45) is -2.53. The molecule has 1 nitrogen and oxygen atoms in total. The van der Waals surface area contributed by atoms with Crippen LogP contribution in [0.25, 0.3) is 0 Å². The zero-order valence-electron chi connectivity index (χ0n) is 4.25. The number of alkyl halides is 3. The molecular weight excluding hydrogens is 139 g/mol. The molecular formula is C3H6F3NS. The quantitative estimate of drug-likeness (QED) is 0.590. The first kappa shape index (κ1) is 8.10. The Labute approximate surface area is 49.8 Å². The maximum atomic E-state index is 11.2. The molecule has 0 spiro atoms. The lowest BCUT2D eigenvalue weighted by Crippen LogP contribution is -2.23. The van der Waals surface area contributed by atoms with Gasteiger partial charge in [0.25, 0.3) is 0 Å². The van der Waals surface area contributed by atoms with Gasteiger partial charge in [-0.1, -0.05) is 11.9 Å². The molecule has 0 aromatic carbocycles. The van der Waals surface area contributed by atoms with Crippen molar-refractivity contribution in [3.63, 3.8) is 0 Å². The van der Waals surface area contributed by atoms with Gasteiger partial charge in [0, 0.05) is 0 Å². The molecule has 50 valence electrons. The fraction of sp³-hybridized carbons (Fsp3) is 1.00. The van der Waals surface area contributed by atoms with Crippen LogP contribution in [0.4, 0.5) is 13.2 Å². The molecule has 0 amide bonds. The lowest BCUT2D eigenvalue weighted by Gasteiger charge is -2.03. The maximum absolute atomic E-state index is 11.2. The largest absolute Gasteiger partial charge is 0.401 e. The van der Waals surface area contributed by atoms with E-state index in [4.69, 9.17) is 0 Å². The van der Waals surface area contributed by atoms with E-state index < -0.39 is 12.7 Å². The average molecular weight is 145 g/mol. The standard InChI is InChI=1S/C3H6F3NS/c1-8-7-2-3(4,5)6/h7H,2H2,1H3. The van der Waals surface area contributed by atoms with Crippen molar-refractivity contribution < 1.29 is 13.2 Å². The number of hydrogen-bond acceptors (Lipinski definition) is 2. The molecule has 0 saturated heterocycles. The van der Waals surface area contributed by atoms with Gasteiger partial charge in [0.05, 0.1) is 0 Å². The van der Waals surface area contributed by atoms with E-state index in [1.54, 1.807) is 6.26 Å². The van der Waals surface area contributed by atoms with E-state index in [0.717, 1.165) is 11.9 Å². The van der Waals surface area contributed by atoms with Crippen LogP contribution >= 0.6 is 11.9 Å². The van der Waals surface area contributed by atoms with Crippen molar-refractivity contribution >= 4 is 11.9 Å². The zero-order valence-corrected chi connectivity index (χ0v) is 5.07. The summed E-state index contributed by atoms with van der Waals surface area (Å²) >= 11 is 0.958. The Hall–Kier alpha value is 0.100. The fourth-order valence-electron chi connectivity index (χ4n) is 0.154. The Balaban J connectivity index is 3.11. The van der Waals surface area contributed by atoms with E-state index in [9.17, 15) is 13.2 Å². The molecule has 8 heavy (non-hydrogen) atoms. The van der Waals surface area contributed by atoms with Crippen molar-refractivity contribution in [2.75, 3.05) is 12.8 Å². The molecule has 0 fully saturated rings. The molecule has 1 N–H and O–H groups in total. The van der Waals surface area contributed by atoms with Crippen LogP contribution in [0.5, 0.6) is 0 Å². The van der Waals surface area contributed by atoms with E-state index >= 15 is 0 Å². The molecule has 0 aliphatic rings. The van der Waals surface area contributed by atoms with Crippen molar-refractivity contribution in [1.29, 1.82) is 0 Å². The van der Waals surface area contributed by atoms with Crippen LogP contribution in [0.15, 0.2) is 0 Å². The van der Waals surface area contributed by atoms with E-state index in [0.29, 0.717) is 0 Å². The minimum atomic E-state index is -4.08. The molecule has 0 aliphatic carbocycles. The predicted molar refractivity (Wildman–Crippen MR) is 27.6 cm³/mol. The Kier molecular flexibility index (Phi) is 3.23. The van der Waals surface area contributed by atoms with Crippen molar-refractivity contribution in [1.82, 2.24) is 4.72 Å². The molecule has 0 aliphatic heterocycles. The van der Waals surface area contributed by atoms with Crippen molar-refractivity contribution in [2.24, 2.45) is 0 Å². The molecule has 0 unspecified atom stereocenters. The smallest absolute Gasteiger partial charge is 0.255 e. The van der Waals surface area contributed by atoms with Gasteiger partial charge in [-0.05, 0) is 6.26 Å². The topological polar surface area (TPSA) is 12.0 Å². The third kappa shape index (κ3) is 6.10. The third-order valence-electron chi connectivity index (χ3n) is 0.417. The summed E-state index contributed by atoms with van der Waals surface area (Å²) in [4.78, 5) is 0. The zero-order chi connectivity index (χ0) is 6.62. The first-order chi connectivity index (χ1) is 3.56. The third-order valence-corrected chi connectivity index (χ3v) is 0.850. The van der Waals surface area contributed by atoms with Gasteiger partial charge < -0.3 is 0 Å². The molecule has 0 aromatic rings. The maximum Gasteiger partial charge on any atom is 0.401 e. The van der Waals surface area contributed by atoms with Gasteiger partial charge >= 0.3 is 6.18 Å². The van der Waals surface area contributed by atoms with Crippen LogP contribution in [-0.2, 0) is 0 Å². The Bertz CT molecular complexity index is 62.0. The van der Waals surface area contributed by atoms with Crippen molar-refractivity contribution in [3.8, 4) is 0 Å². The van der Waals surface area contributed by atoms with E-state index in [1.807, 2.05) is 0 Å². The lowest BCUT2D eigenvalue weighted by molar-refractivity contribution is -0.120. The number of hydrogen-bond donors (Lipinski definition) is 1. The van der Waals surface area contributed by atoms with Crippen LogP contribution < -0.4 is 4.72 Å². The van der Waals surface area contributed by atoms with Crippen LogP contribution in [0.1, 0.15) is 0 Å². The Morgan fingerprint density at radius 2 is 2.00 bits per heavy atom. The second kappa shape index (κ2) is 3.19. The molecule has 5 heteroatoms. The van der Waals surface area contributed by atoms with Gasteiger partial charge in [-0.25, -0.2) is 0 Å². The summed E-state index contributed by atoms with van der Waals surface area (Å²) in [5.41, 5.74) is 0. The molecule has 0 heterocycles. The molecule has 0 saturated carbocycles. The average Bonchev–Trinajstić information content (AvgIpc) is 1.59. The van der Waals surface area contributed by atoms with Crippen LogP contribution in [0, 0.1) is 0 Å². The highest BCUT2D eigenvalue weighted by molar-refractivity contribution is 7.96. The Morgan fingerprint density at radius 1 is 1.50 bits per heavy atom. The normalized spacial score (nSPS) is 12.0. The Morgan fingerprint density at radius 3 is 2.12 bits per heavy atom. The van der Waals surface area contributed by atoms with Crippen LogP contribution in [0.3, 0.4) is 0 Å². The first-order valence-corrected chi connectivity index (χ1v) is 3.11. The van der Waals surface area contributed by atoms with Crippen molar-refractivity contribution in [3.05, 3.63) is 0 Å². The van der Waals surface area contributed by atoms with E-state index in [2.05, 4.69) is 4.72 Å². The van der Waals surface area contributed by atoms with Gasteiger partial charge in [0.2, 0.25) is 0 Å². The van der Waals surface area contributed by atoms with E-state index in [1.165, 1.54) is 0 Å². The van der Waals surface area contributed by atoms with Gasteiger partial charge in [-0.2, -0.15) is 13.2 Å². The lowest BCUT2D eigenvalue weighted by atomic mass is 10.7. The monoisotopic (exact) mass is 145 g/mol. The van der Waals surface area contributed by atoms with Crippen LogP contribution in [-0.4, -0.2) is 19.0 Å². The molecule has 0 bridgehead atoms. The molecule has 0 rings (SSSR count). The highest BCUT2D eigenvalue weighted by Crippen LogP contribution is 2.12. The minimum absolute atomic E-state index is 0.922. The summed E-state index contributed by atoms with van der Waals surface area (Å²) in [6.45, 7) is -0.922. The minimum Gasteiger partial charge on any atom is -0.255 e. The second-order valence-corrected chi connectivity index (χ2v) is 1.84. The number of nitrogens with one attached hydrogen (secondary N) is 1. The summed E-state index contributed by atoms with van der Waals surface area (Å²) in [5.74, 6) is 0. The van der Waals surface area contributed by atoms with Gasteiger partial charge in [0.1, 0.15) is 6.54 Å². The summed E-state index contributed by atoms with van der Waals surface area (Å²) in [6, 6.07) is 0. The van der Waals surface area contributed by atoms with Gasteiger partial charge in [-0.15, -0.1) is 0 Å². The second-order valence-electron chi connectivity index (χ2n) is 1.14. The highest BCUT2D eigenvalue weighted by atomic mass is 32.2. The predicted octanol–water partition coefficient (Wildman–Crippen LogP) is 1.42. The SMILES string of the molecule is CSNCC(F)(F)F. The molecule has 0 atom stereocenters. The molecule has 0 radical (unpaired) electrons. The number of halogens is 3.